The first-order valence-corrected chi connectivity index (χ1v) is 16.8. The van der Waals surface area contributed by atoms with Crippen LogP contribution < -0.4 is 23.7 Å². The van der Waals surface area contributed by atoms with Gasteiger partial charge in [-0.1, -0.05) is 85.8 Å². The second kappa shape index (κ2) is 12.0. The maximum Gasteiger partial charge on any atom is 0.178 e. The van der Waals surface area contributed by atoms with Gasteiger partial charge in [0.25, 0.3) is 0 Å². The lowest BCUT2D eigenvalue weighted by Crippen LogP contribution is -2.36. The Labute approximate surface area is 292 Å². The minimum Gasteiger partial charge on any atom is -0.497 e. The molecule has 250 valence electrons. The first-order valence-electron chi connectivity index (χ1n) is 16.8. The van der Waals surface area contributed by atoms with Gasteiger partial charge in [-0.25, -0.2) is 0 Å². The third-order valence-corrected chi connectivity index (χ3v) is 10.3. The fraction of sp³-hybridized carbons (Fsp3) is 0.182. The zero-order valence-corrected chi connectivity index (χ0v) is 28.7. The molecule has 1 aliphatic heterocycles. The van der Waals surface area contributed by atoms with Gasteiger partial charge < -0.3 is 28.8 Å². The molecule has 50 heavy (non-hydrogen) atoms. The molecule has 6 nitrogen and oxygen atoms in total. The molecule has 0 saturated heterocycles. The lowest BCUT2D eigenvalue weighted by Gasteiger charge is -2.41. The lowest BCUT2D eigenvalue weighted by atomic mass is 9.75. The molecule has 0 saturated carbocycles. The summed E-state index contributed by atoms with van der Waals surface area (Å²) in [7, 11) is 6.61. The maximum atomic E-state index is 12.9. The summed E-state index contributed by atoms with van der Waals surface area (Å²) in [6, 6.07) is 38.5. The van der Waals surface area contributed by atoms with Gasteiger partial charge in [0.1, 0.15) is 22.8 Å². The Hall–Kier alpha value is -5.72. The van der Waals surface area contributed by atoms with Gasteiger partial charge in [-0.2, -0.15) is 0 Å². The molecular formula is C44H38O6. The minimum absolute atomic E-state index is 0.465. The Morgan fingerprint density at radius 3 is 1.74 bits per heavy atom. The van der Waals surface area contributed by atoms with E-state index in [0.717, 1.165) is 72.4 Å². The molecule has 0 bridgehead atoms. The van der Waals surface area contributed by atoms with Gasteiger partial charge in [-0.05, 0) is 82.1 Å². The highest BCUT2D eigenvalue weighted by molar-refractivity contribution is 6.11. The number of aliphatic hydroxyl groups is 1. The number of hydrogen-bond donors (Lipinski definition) is 1. The Morgan fingerprint density at radius 2 is 1.18 bits per heavy atom. The summed E-state index contributed by atoms with van der Waals surface area (Å²) in [6.45, 7) is 2.03. The summed E-state index contributed by atoms with van der Waals surface area (Å²) in [6.07, 6.45) is 2.67. The van der Waals surface area contributed by atoms with Crippen molar-refractivity contribution in [2.45, 2.75) is 24.5 Å². The Bertz CT molecular complexity index is 2220. The average molecular weight is 663 g/mol. The first kappa shape index (κ1) is 31.5. The van der Waals surface area contributed by atoms with Crippen molar-refractivity contribution in [3.05, 3.63) is 155 Å². The molecule has 1 heterocycles. The van der Waals surface area contributed by atoms with Gasteiger partial charge in [0.15, 0.2) is 17.1 Å². The fourth-order valence-electron chi connectivity index (χ4n) is 7.84. The molecular weight excluding hydrogens is 624 g/mol. The third kappa shape index (κ3) is 4.52. The molecule has 0 radical (unpaired) electrons. The van der Waals surface area contributed by atoms with E-state index in [1.807, 2.05) is 104 Å². The molecule has 0 aromatic heterocycles. The molecule has 0 spiro atoms. The van der Waals surface area contributed by atoms with Crippen LogP contribution in [0.25, 0.3) is 27.5 Å². The predicted molar refractivity (Wildman–Crippen MR) is 197 cm³/mol. The van der Waals surface area contributed by atoms with Crippen LogP contribution in [0, 0.1) is 0 Å². The van der Waals surface area contributed by atoms with E-state index in [1.165, 1.54) is 0 Å². The van der Waals surface area contributed by atoms with Crippen LogP contribution in [0.4, 0.5) is 0 Å². The second-order valence-corrected chi connectivity index (χ2v) is 12.7. The monoisotopic (exact) mass is 662 g/mol. The van der Waals surface area contributed by atoms with Crippen LogP contribution in [0.5, 0.6) is 28.7 Å². The third-order valence-electron chi connectivity index (χ3n) is 10.3. The summed E-state index contributed by atoms with van der Waals surface area (Å²) in [5.41, 5.74) is 5.88. The van der Waals surface area contributed by atoms with Crippen molar-refractivity contribution in [2.75, 3.05) is 28.4 Å². The molecule has 6 heteroatoms. The Morgan fingerprint density at radius 1 is 0.620 bits per heavy atom. The quantitative estimate of drug-likeness (QED) is 0.175. The molecule has 1 atom stereocenters. The van der Waals surface area contributed by atoms with Gasteiger partial charge in [0, 0.05) is 27.6 Å². The second-order valence-electron chi connectivity index (χ2n) is 12.7. The van der Waals surface area contributed by atoms with Gasteiger partial charge in [0.05, 0.1) is 28.4 Å². The maximum absolute atomic E-state index is 12.9. The Kier molecular flexibility index (Phi) is 7.57. The topological polar surface area (TPSA) is 66.4 Å². The smallest absolute Gasteiger partial charge is 0.178 e. The highest BCUT2D eigenvalue weighted by Gasteiger charge is 2.49. The molecule has 2 aliphatic rings. The lowest BCUT2D eigenvalue weighted by molar-refractivity contribution is 0.0800. The molecule has 6 aromatic carbocycles. The number of fused-ring (bicyclic) bond motifs is 8. The Balaban J connectivity index is 1.57. The summed E-state index contributed by atoms with van der Waals surface area (Å²) in [5.74, 6) is 3.31. The summed E-state index contributed by atoms with van der Waals surface area (Å²) in [5, 5.41) is 14.7. The van der Waals surface area contributed by atoms with Crippen molar-refractivity contribution in [3.63, 3.8) is 0 Å². The van der Waals surface area contributed by atoms with Gasteiger partial charge in [0.2, 0.25) is 0 Å². The molecule has 8 rings (SSSR count). The van der Waals surface area contributed by atoms with E-state index in [9.17, 15) is 5.11 Å². The van der Waals surface area contributed by atoms with Crippen molar-refractivity contribution >= 4 is 16.3 Å². The molecule has 1 aliphatic carbocycles. The van der Waals surface area contributed by atoms with Crippen molar-refractivity contribution < 1.29 is 28.8 Å². The number of ether oxygens (including phenoxy) is 5. The minimum atomic E-state index is -1.28. The van der Waals surface area contributed by atoms with E-state index in [0.29, 0.717) is 23.7 Å². The zero-order valence-electron chi connectivity index (χ0n) is 28.7. The molecule has 1 N–H and O–H groups in total. The van der Waals surface area contributed by atoms with Crippen LogP contribution >= 0.6 is 0 Å². The van der Waals surface area contributed by atoms with Crippen molar-refractivity contribution in [1.82, 2.24) is 0 Å². The highest BCUT2D eigenvalue weighted by atomic mass is 16.5. The van der Waals surface area contributed by atoms with E-state index >= 15 is 0 Å². The molecule has 1 unspecified atom stereocenters. The van der Waals surface area contributed by atoms with Crippen molar-refractivity contribution in [1.29, 1.82) is 0 Å². The standard InChI is InChI=1S/C44H38O6/c1-6-43(45)36-15-11-10-14-32(36)39-33-24-37(48-4)38(49-5)25-34(33)42-40(41(39)43)35(27-12-8-7-9-13-27)26-44(50-42,28-16-20-30(46-2)21-17-28)29-18-22-31(47-3)23-19-29/h7-26,45H,6H2,1-5H3. The highest BCUT2D eigenvalue weighted by Crippen LogP contribution is 2.61. The van der Waals surface area contributed by atoms with Crippen LogP contribution in [0.2, 0.25) is 0 Å². The van der Waals surface area contributed by atoms with E-state index in [-0.39, 0.29) is 0 Å². The van der Waals surface area contributed by atoms with Crippen LogP contribution in [0.1, 0.15) is 46.7 Å². The van der Waals surface area contributed by atoms with Gasteiger partial charge in [-0.15, -0.1) is 0 Å². The average Bonchev–Trinajstić information content (AvgIpc) is 3.46. The van der Waals surface area contributed by atoms with Crippen molar-refractivity contribution in [2.24, 2.45) is 0 Å². The zero-order chi connectivity index (χ0) is 34.6. The summed E-state index contributed by atoms with van der Waals surface area (Å²) >= 11 is 0. The van der Waals surface area contributed by atoms with Crippen LogP contribution in [-0.4, -0.2) is 33.5 Å². The van der Waals surface area contributed by atoms with E-state index in [2.05, 4.69) is 24.3 Å². The molecule has 0 fully saturated rings. The first-order chi connectivity index (χ1) is 24.4. The molecule has 6 aromatic rings. The van der Waals surface area contributed by atoms with Crippen molar-refractivity contribution in [3.8, 4) is 39.9 Å². The predicted octanol–water partition coefficient (Wildman–Crippen LogP) is 9.27. The normalized spacial score (nSPS) is 16.8. The van der Waals surface area contributed by atoms with Gasteiger partial charge >= 0.3 is 0 Å². The summed E-state index contributed by atoms with van der Waals surface area (Å²) in [4.78, 5) is 0. The molecule has 0 amide bonds. The van der Waals surface area contributed by atoms with Crippen LogP contribution in [0.15, 0.2) is 121 Å². The van der Waals surface area contributed by atoms with Gasteiger partial charge in [-0.3, -0.25) is 0 Å². The number of benzene rings is 6. The van der Waals surface area contributed by atoms with E-state index < -0.39 is 11.2 Å². The van der Waals surface area contributed by atoms with E-state index in [1.54, 1.807) is 28.4 Å². The van der Waals surface area contributed by atoms with E-state index in [4.69, 9.17) is 23.7 Å². The van der Waals surface area contributed by atoms with Crippen LogP contribution in [0.3, 0.4) is 0 Å². The number of methoxy groups -OCH3 is 4. The number of rotatable bonds is 8. The number of hydrogen-bond acceptors (Lipinski definition) is 6. The van der Waals surface area contributed by atoms with Crippen LogP contribution in [-0.2, 0) is 11.2 Å². The largest absolute Gasteiger partial charge is 0.497 e. The summed E-state index contributed by atoms with van der Waals surface area (Å²) < 4.78 is 30.5. The SMILES string of the molecule is CCC1(O)c2ccccc2-c2c1c1c(c3cc(OC)c(OC)cc23)OC(c2ccc(OC)cc2)(c2ccc(OC)cc2)C=C1c1ccccc1. The fourth-order valence-corrected chi connectivity index (χ4v) is 7.84.